The quantitative estimate of drug-likeness (QED) is 0.876. The zero-order valence-corrected chi connectivity index (χ0v) is 12.5. The second-order valence-electron chi connectivity index (χ2n) is 5.84. The number of nitrogens with zero attached hydrogens (tertiary/aromatic N) is 1. The molecular formula is C15H23ClN2O. The fraction of sp³-hybridized carbons (Fsp3) is 0.600. The van der Waals surface area contributed by atoms with Crippen LogP contribution in [-0.4, -0.2) is 23.8 Å². The van der Waals surface area contributed by atoms with Gasteiger partial charge in [0.25, 0.3) is 0 Å². The van der Waals surface area contributed by atoms with E-state index in [2.05, 4.69) is 4.90 Å². The third kappa shape index (κ3) is 3.62. The normalized spacial score (nSPS) is 26.1. The van der Waals surface area contributed by atoms with Crippen LogP contribution in [0.5, 0.6) is 0 Å². The zero-order chi connectivity index (χ0) is 14.0. The molecule has 1 aromatic rings. The van der Waals surface area contributed by atoms with E-state index in [-0.39, 0.29) is 6.04 Å². The molecule has 0 aliphatic carbocycles. The molecule has 1 aliphatic heterocycles. The number of hydrogen-bond acceptors (Lipinski definition) is 3. The van der Waals surface area contributed by atoms with Gasteiger partial charge in [0.2, 0.25) is 0 Å². The topological polar surface area (TPSA) is 49.5 Å². The van der Waals surface area contributed by atoms with Gasteiger partial charge in [0.1, 0.15) is 0 Å². The van der Waals surface area contributed by atoms with Crippen molar-refractivity contribution < 1.29 is 5.11 Å². The van der Waals surface area contributed by atoms with Crippen LogP contribution in [0, 0.1) is 0 Å². The molecular weight excluding hydrogens is 260 g/mol. The van der Waals surface area contributed by atoms with Crippen molar-refractivity contribution in [3.63, 3.8) is 0 Å². The molecule has 1 aromatic carbocycles. The third-order valence-electron chi connectivity index (χ3n) is 3.90. The second-order valence-corrected chi connectivity index (χ2v) is 6.24. The molecule has 2 atom stereocenters. The Labute approximate surface area is 120 Å². The summed E-state index contributed by atoms with van der Waals surface area (Å²) in [6.45, 7) is 5.64. The molecule has 0 spiro atoms. The Morgan fingerprint density at radius 3 is 2.74 bits per heavy atom. The molecule has 0 aromatic heterocycles. The predicted molar refractivity (Wildman–Crippen MR) is 80.7 cm³/mol. The average Bonchev–Trinajstić information content (AvgIpc) is 2.50. The molecule has 2 rings (SSSR count). The Bertz CT molecular complexity index is 446. The minimum Gasteiger partial charge on any atom is -0.390 e. The van der Waals surface area contributed by atoms with Crippen LogP contribution in [0.15, 0.2) is 18.2 Å². The van der Waals surface area contributed by atoms with Gasteiger partial charge < -0.3 is 15.7 Å². The first-order chi connectivity index (χ1) is 8.89. The molecule has 1 fully saturated rings. The van der Waals surface area contributed by atoms with Crippen molar-refractivity contribution in [2.45, 2.75) is 44.8 Å². The van der Waals surface area contributed by atoms with E-state index in [1.807, 2.05) is 32.0 Å². The minimum absolute atomic E-state index is 0.00332. The van der Waals surface area contributed by atoms with Crippen LogP contribution in [0.4, 0.5) is 5.69 Å². The molecule has 0 radical (unpaired) electrons. The van der Waals surface area contributed by atoms with E-state index in [1.54, 1.807) is 0 Å². The molecule has 106 valence electrons. The van der Waals surface area contributed by atoms with Crippen molar-refractivity contribution in [2.24, 2.45) is 5.73 Å². The first-order valence-corrected chi connectivity index (χ1v) is 7.29. The van der Waals surface area contributed by atoms with Crippen molar-refractivity contribution in [3.05, 3.63) is 28.8 Å². The summed E-state index contributed by atoms with van der Waals surface area (Å²) in [5.41, 5.74) is 7.41. The van der Waals surface area contributed by atoms with E-state index >= 15 is 0 Å². The number of aliphatic hydroxyl groups is 1. The summed E-state index contributed by atoms with van der Waals surface area (Å²) in [7, 11) is 0. The SMILES string of the molecule is C[C@H](N)c1ccc(N2CCCC(C)(O)CC2)c(Cl)c1. The van der Waals surface area contributed by atoms with E-state index in [9.17, 15) is 5.11 Å². The Morgan fingerprint density at radius 2 is 2.11 bits per heavy atom. The number of rotatable bonds is 2. The lowest BCUT2D eigenvalue weighted by atomic mass is 9.98. The second kappa shape index (κ2) is 5.70. The first kappa shape index (κ1) is 14.6. The molecule has 1 unspecified atom stereocenters. The fourth-order valence-corrected chi connectivity index (χ4v) is 2.88. The van der Waals surface area contributed by atoms with Crippen molar-refractivity contribution >= 4 is 17.3 Å². The van der Waals surface area contributed by atoms with Gasteiger partial charge >= 0.3 is 0 Å². The van der Waals surface area contributed by atoms with Crippen LogP contribution < -0.4 is 10.6 Å². The van der Waals surface area contributed by atoms with Crippen molar-refractivity contribution in [1.82, 2.24) is 0 Å². The fourth-order valence-electron chi connectivity index (χ4n) is 2.57. The van der Waals surface area contributed by atoms with Gasteiger partial charge in [0, 0.05) is 19.1 Å². The lowest BCUT2D eigenvalue weighted by molar-refractivity contribution is 0.0481. The summed E-state index contributed by atoms with van der Waals surface area (Å²) in [6, 6.07) is 6.03. The van der Waals surface area contributed by atoms with E-state index in [0.29, 0.717) is 0 Å². The van der Waals surface area contributed by atoms with Crippen LogP contribution in [0.25, 0.3) is 0 Å². The lowest BCUT2D eigenvalue weighted by Crippen LogP contribution is -2.28. The molecule has 0 amide bonds. The van der Waals surface area contributed by atoms with Gasteiger partial charge in [-0.15, -0.1) is 0 Å². The van der Waals surface area contributed by atoms with Gasteiger partial charge in [-0.2, -0.15) is 0 Å². The van der Waals surface area contributed by atoms with Gasteiger partial charge in [-0.1, -0.05) is 17.7 Å². The highest BCUT2D eigenvalue weighted by Gasteiger charge is 2.25. The van der Waals surface area contributed by atoms with Gasteiger partial charge in [0.15, 0.2) is 0 Å². The summed E-state index contributed by atoms with van der Waals surface area (Å²) in [4.78, 5) is 2.26. The number of anilines is 1. The molecule has 1 aliphatic rings. The molecule has 0 saturated carbocycles. The molecule has 3 N–H and O–H groups in total. The standard InChI is InChI=1S/C15H23ClN2O/c1-11(17)12-4-5-14(13(16)10-12)18-8-3-6-15(2,19)7-9-18/h4-5,10-11,19H,3,6-9,17H2,1-2H3/t11-,15?/m0/s1. The number of benzene rings is 1. The number of halogens is 1. The minimum atomic E-state index is -0.549. The van der Waals surface area contributed by atoms with Gasteiger partial charge in [0.05, 0.1) is 16.3 Å². The Kier molecular flexibility index (Phi) is 4.39. The predicted octanol–water partition coefficient (Wildman–Crippen LogP) is 3.10. The van der Waals surface area contributed by atoms with E-state index in [1.165, 1.54) is 0 Å². The molecule has 19 heavy (non-hydrogen) atoms. The summed E-state index contributed by atoms with van der Waals surface area (Å²) < 4.78 is 0. The molecule has 0 bridgehead atoms. The smallest absolute Gasteiger partial charge is 0.0642 e. The molecule has 3 nitrogen and oxygen atoms in total. The van der Waals surface area contributed by atoms with E-state index in [0.717, 1.165) is 48.6 Å². The van der Waals surface area contributed by atoms with Crippen LogP contribution in [-0.2, 0) is 0 Å². The Morgan fingerprint density at radius 1 is 1.37 bits per heavy atom. The van der Waals surface area contributed by atoms with Gasteiger partial charge in [-0.05, 0) is 50.8 Å². The van der Waals surface area contributed by atoms with Gasteiger partial charge in [-0.25, -0.2) is 0 Å². The highest BCUT2D eigenvalue weighted by Crippen LogP contribution is 2.31. The Balaban J connectivity index is 2.18. The van der Waals surface area contributed by atoms with Crippen LogP contribution in [0.3, 0.4) is 0 Å². The number of hydrogen-bond donors (Lipinski definition) is 2. The van der Waals surface area contributed by atoms with Crippen molar-refractivity contribution in [1.29, 1.82) is 0 Å². The van der Waals surface area contributed by atoms with Crippen molar-refractivity contribution in [2.75, 3.05) is 18.0 Å². The summed E-state index contributed by atoms with van der Waals surface area (Å²) in [5.74, 6) is 0. The molecule has 4 heteroatoms. The monoisotopic (exact) mass is 282 g/mol. The maximum absolute atomic E-state index is 10.1. The summed E-state index contributed by atoms with van der Waals surface area (Å²) in [6.07, 6.45) is 2.61. The lowest BCUT2D eigenvalue weighted by Gasteiger charge is -2.25. The Hall–Kier alpha value is -0.770. The first-order valence-electron chi connectivity index (χ1n) is 6.91. The summed E-state index contributed by atoms with van der Waals surface area (Å²) in [5, 5.41) is 10.9. The average molecular weight is 283 g/mol. The third-order valence-corrected chi connectivity index (χ3v) is 4.20. The van der Waals surface area contributed by atoms with E-state index < -0.39 is 5.60 Å². The van der Waals surface area contributed by atoms with Crippen LogP contribution in [0.1, 0.15) is 44.7 Å². The highest BCUT2D eigenvalue weighted by atomic mass is 35.5. The van der Waals surface area contributed by atoms with Crippen LogP contribution in [0.2, 0.25) is 5.02 Å². The summed E-state index contributed by atoms with van der Waals surface area (Å²) >= 11 is 6.37. The zero-order valence-electron chi connectivity index (χ0n) is 11.7. The maximum atomic E-state index is 10.1. The maximum Gasteiger partial charge on any atom is 0.0642 e. The van der Waals surface area contributed by atoms with E-state index in [4.69, 9.17) is 17.3 Å². The largest absolute Gasteiger partial charge is 0.390 e. The number of nitrogens with two attached hydrogens (primary N) is 1. The molecule has 1 saturated heterocycles. The van der Waals surface area contributed by atoms with Gasteiger partial charge in [-0.3, -0.25) is 0 Å². The van der Waals surface area contributed by atoms with Crippen molar-refractivity contribution in [3.8, 4) is 0 Å². The molecule has 1 heterocycles. The van der Waals surface area contributed by atoms with Crippen LogP contribution >= 0.6 is 11.6 Å². The highest BCUT2D eigenvalue weighted by molar-refractivity contribution is 6.33.